The van der Waals surface area contributed by atoms with E-state index >= 15 is 0 Å². The van der Waals surface area contributed by atoms with Crippen LogP contribution in [0.25, 0.3) is 0 Å². The fourth-order valence-electron chi connectivity index (χ4n) is 10.9. The summed E-state index contributed by atoms with van der Waals surface area (Å²) in [7, 11) is 0. The molecule has 1 atom stereocenters. The van der Waals surface area contributed by atoms with Gasteiger partial charge >= 0.3 is 23.9 Å². The highest BCUT2D eigenvalue weighted by Gasteiger charge is 2.32. The first-order valence-electron chi connectivity index (χ1n) is 26.5. The summed E-state index contributed by atoms with van der Waals surface area (Å²) in [6, 6.07) is 0. The second-order valence-corrected chi connectivity index (χ2v) is 22.9. The highest BCUT2D eigenvalue weighted by Crippen LogP contribution is 2.37. The monoisotopic (exact) mass is 886 g/mol. The molecule has 4 aliphatic rings. The SMILES string of the molecule is CC1CCC(CCCC(C)(CCCNCCC(=O)OCC(C)(COC(=O)CCC2CCC(C)CC2)COC(=O)CCC2CCC(C)CC2)COC(=O)CCC2CCC(C)CC2)CC1. The Morgan fingerprint density at radius 1 is 0.397 bits per heavy atom. The van der Waals surface area contributed by atoms with Crippen LogP contribution in [-0.2, 0) is 38.1 Å². The van der Waals surface area contributed by atoms with Gasteiger partial charge in [-0.25, -0.2) is 0 Å². The first-order valence-corrected chi connectivity index (χ1v) is 26.5. The van der Waals surface area contributed by atoms with Gasteiger partial charge in [-0.2, -0.15) is 0 Å². The zero-order valence-electron chi connectivity index (χ0n) is 41.4. The molecule has 0 aromatic heterocycles. The number of carbonyl (C=O) groups is 4. The van der Waals surface area contributed by atoms with E-state index in [4.69, 9.17) is 18.9 Å². The molecule has 0 aliphatic heterocycles. The van der Waals surface area contributed by atoms with E-state index in [0.29, 0.717) is 50.2 Å². The van der Waals surface area contributed by atoms with E-state index in [2.05, 4.69) is 39.9 Å². The van der Waals surface area contributed by atoms with Crippen LogP contribution in [0.2, 0.25) is 0 Å². The first-order chi connectivity index (χ1) is 30.2. The quantitative estimate of drug-likeness (QED) is 0.0465. The minimum atomic E-state index is -0.840. The molecule has 63 heavy (non-hydrogen) atoms. The molecule has 4 saturated carbocycles. The molecule has 0 aromatic carbocycles. The van der Waals surface area contributed by atoms with Crippen molar-refractivity contribution in [2.24, 2.45) is 58.2 Å². The van der Waals surface area contributed by atoms with Gasteiger partial charge in [0.25, 0.3) is 0 Å². The van der Waals surface area contributed by atoms with Gasteiger partial charge in [0.05, 0.1) is 18.4 Å². The maximum absolute atomic E-state index is 13.0. The molecular weight excluding hydrogens is 791 g/mol. The number of ether oxygens (including phenoxy) is 4. The molecule has 0 saturated heterocycles. The van der Waals surface area contributed by atoms with Crippen molar-refractivity contribution in [2.75, 3.05) is 39.5 Å². The van der Waals surface area contributed by atoms with Crippen molar-refractivity contribution in [3.8, 4) is 0 Å². The lowest BCUT2D eigenvalue weighted by molar-refractivity contribution is -0.161. The fourth-order valence-corrected chi connectivity index (χ4v) is 10.9. The Morgan fingerprint density at radius 2 is 0.698 bits per heavy atom. The molecule has 4 fully saturated rings. The summed E-state index contributed by atoms with van der Waals surface area (Å²) in [5.41, 5.74) is -0.911. The number of rotatable bonds is 28. The zero-order chi connectivity index (χ0) is 45.5. The molecule has 0 bridgehead atoms. The normalized spacial score (nSPS) is 28.5. The van der Waals surface area contributed by atoms with Crippen molar-refractivity contribution in [1.29, 1.82) is 0 Å². The summed E-state index contributed by atoms with van der Waals surface area (Å²) in [4.78, 5) is 51.7. The van der Waals surface area contributed by atoms with Crippen molar-refractivity contribution < 1.29 is 38.1 Å². The Hall–Kier alpha value is -2.16. The van der Waals surface area contributed by atoms with Gasteiger partial charge in [0, 0.05) is 31.2 Å². The number of hydrogen-bond acceptors (Lipinski definition) is 9. The summed E-state index contributed by atoms with van der Waals surface area (Å²) >= 11 is 0. The summed E-state index contributed by atoms with van der Waals surface area (Å²) in [5.74, 6) is 4.99. The summed E-state index contributed by atoms with van der Waals surface area (Å²) in [6.45, 7) is 15.3. The first kappa shape index (κ1) is 53.5. The minimum absolute atomic E-state index is 0.00421. The van der Waals surface area contributed by atoms with E-state index in [1.807, 2.05) is 6.92 Å². The van der Waals surface area contributed by atoms with E-state index in [1.54, 1.807) is 0 Å². The van der Waals surface area contributed by atoms with Gasteiger partial charge in [-0.1, -0.05) is 150 Å². The van der Waals surface area contributed by atoms with Gasteiger partial charge in [0.15, 0.2) is 0 Å². The van der Waals surface area contributed by atoms with Crippen LogP contribution in [0.3, 0.4) is 0 Å². The lowest BCUT2D eigenvalue weighted by atomic mass is 9.77. The van der Waals surface area contributed by atoms with Gasteiger partial charge < -0.3 is 24.3 Å². The Balaban J connectivity index is 1.18. The van der Waals surface area contributed by atoms with Gasteiger partial charge in [0.1, 0.15) is 19.8 Å². The Bertz CT molecular complexity index is 1260. The van der Waals surface area contributed by atoms with E-state index in [1.165, 1.54) is 116 Å². The second-order valence-electron chi connectivity index (χ2n) is 22.9. The molecule has 9 heteroatoms. The third-order valence-electron chi connectivity index (χ3n) is 16.2. The lowest BCUT2D eigenvalue weighted by Crippen LogP contribution is -2.37. The van der Waals surface area contributed by atoms with Crippen LogP contribution >= 0.6 is 0 Å². The Kier molecular flexibility index (Phi) is 24.4. The van der Waals surface area contributed by atoms with E-state index in [0.717, 1.165) is 74.7 Å². The van der Waals surface area contributed by atoms with Crippen LogP contribution in [0.4, 0.5) is 0 Å². The fraction of sp³-hybridized carbons (Fsp3) is 0.926. The smallest absolute Gasteiger partial charge is 0.307 e. The summed E-state index contributed by atoms with van der Waals surface area (Å²) < 4.78 is 23.3. The van der Waals surface area contributed by atoms with Crippen LogP contribution in [0.5, 0.6) is 0 Å². The zero-order valence-corrected chi connectivity index (χ0v) is 41.4. The Morgan fingerprint density at radius 3 is 1.06 bits per heavy atom. The minimum Gasteiger partial charge on any atom is -0.465 e. The van der Waals surface area contributed by atoms with Crippen molar-refractivity contribution in [1.82, 2.24) is 5.32 Å². The van der Waals surface area contributed by atoms with Crippen molar-refractivity contribution >= 4 is 23.9 Å². The molecule has 4 aliphatic carbocycles. The van der Waals surface area contributed by atoms with Crippen LogP contribution in [0, 0.1) is 58.2 Å². The van der Waals surface area contributed by atoms with Crippen molar-refractivity contribution in [3.63, 3.8) is 0 Å². The predicted octanol–water partition coefficient (Wildman–Crippen LogP) is 12.7. The average molecular weight is 886 g/mol. The third-order valence-corrected chi connectivity index (χ3v) is 16.2. The molecule has 364 valence electrons. The molecule has 1 unspecified atom stereocenters. The molecule has 9 nitrogen and oxygen atoms in total. The molecule has 0 aromatic rings. The summed E-state index contributed by atoms with van der Waals surface area (Å²) in [5, 5.41) is 3.44. The van der Waals surface area contributed by atoms with Gasteiger partial charge in [-0.3, -0.25) is 19.2 Å². The number of hydrogen-bond donors (Lipinski definition) is 1. The van der Waals surface area contributed by atoms with Crippen LogP contribution in [0.15, 0.2) is 0 Å². The molecule has 1 N–H and O–H groups in total. The maximum atomic E-state index is 13.0. The van der Waals surface area contributed by atoms with Gasteiger partial charge in [0.2, 0.25) is 0 Å². The van der Waals surface area contributed by atoms with Crippen molar-refractivity contribution in [3.05, 3.63) is 0 Å². The van der Waals surface area contributed by atoms with Crippen molar-refractivity contribution in [2.45, 2.75) is 221 Å². The average Bonchev–Trinajstić information content (AvgIpc) is 3.27. The van der Waals surface area contributed by atoms with E-state index < -0.39 is 5.41 Å². The highest BCUT2D eigenvalue weighted by molar-refractivity contribution is 5.71. The molecular formula is C54H95NO8. The molecule has 0 heterocycles. The molecule has 0 radical (unpaired) electrons. The van der Waals surface area contributed by atoms with Gasteiger partial charge in [-0.15, -0.1) is 0 Å². The largest absolute Gasteiger partial charge is 0.465 e. The van der Waals surface area contributed by atoms with E-state index in [9.17, 15) is 19.2 Å². The number of esters is 4. The summed E-state index contributed by atoms with van der Waals surface area (Å²) in [6.07, 6.45) is 29.5. The van der Waals surface area contributed by atoms with Gasteiger partial charge in [-0.05, 0) is 99.3 Å². The predicted molar refractivity (Wildman–Crippen MR) is 253 cm³/mol. The van der Waals surface area contributed by atoms with Crippen LogP contribution in [0.1, 0.15) is 221 Å². The Labute approximate surface area is 385 Å². The third kappa shape index (κ3) is 22.7. The van der Waals surface area contributed by atoms with Crippen LogP contribution < -0.4 is 5.32 Å². The highest BCUT2D eigenvalue weighted by atomic mass is 16.6. The topological polar surface area (TPSA) is 117 Å². The molecule has 4 rings (SSSR count). The maximum Gasteiger partial charge on any atom is 0.307 e. The molecule has 0 spiro atoms. The standard InChI is InChI=1S/C54H95NO8/c1-41-10-18-45(19-11-41)9-7-33-53(5,37-60-49(56)29-26-46-20-12-42(2)13-21-46)34-8-35-55-36-32-52(59)63-40-54(6,38-61-50(57)30-27-47-22-14-43(3)15-23-47)39-62-51(58)31-28-48-24-16-44(4)17-25-48/h41-48,55H,7-40H2,1-6H3. The second kappa shape index (κ2) is 28.8. The van der Waals surface area contributed by atoms with E-state index in [-0.39, 0.29) is 55.5 Å². The number of carbonyl (C=O) groups excluding carboxylic acids is 4. The number of nitrogens with one attached hydrogen (secondary N) is 1. The molecule has 0 amide bonds. The lowest BCUT2D eigenvalue weighted by Gasteiger charge is -2.31. The van der Waals surface area contributed by atoms with Crippen LogP contribution in [-0.4, -0.2) is 63.4 Å².